The Morgan fingerprint density at radius 1 is 1.00 bits per heavy atom. The second-order valence-corrected chi connectivity index (χ2v) is 6.42. The first-order valence-corrected chi connectivity index (χ1v) is 7.73. The molecule has 1 atom stereocenters. The second kappa shape index (κ2) is 4.49. The van der Waals surface area contributed by atoms with Crippen molar-refractivity contribution in [1.29, 1.82) is 0 Å². The van der Waals surface area contributed by atoms with Crippen LogP contribution in [0.25, 0.3) is 12.2 Å². The van der Waals surface area contributed by atoms with E-state index in [1.54, 1.807) is 5.56 Å². The van der Waals surface area contributed by atoms with Gasteiger partial charge in [-0.1, -0.05) is 48.9 Å². The van der Waals surface area contributed by atoms with Crippen molar-refractivity contribution in [2.45, 2.75) is 26.2 Å². The minimum absolute atomic E-state index is 0.708. The Hall–Kier alpha value is -1.53. The highest BCUT2D eigenvalue weighted by molar-refractivity contribution is 6.30. The summed E-state index contributed by atoms with van der Waals surface area (Å²) in [5.74, 6) is 0.708. The van der Waals surface area contributed by atoms with Gasteiger partial charge in [0.2, 0.25) is 0 Å². The molecule has 0 nitrogen and oxygen atoms in total. The Balaban J connectivity index is 2.16. The van der Waals surface area contributed by atoms with Crippen LogP contribution in [0, 0.1) is 16.4 Å². The molecule has 0 aromatic heterocycles. The molecule has 0 N–H and O–H groups in total. The van der Waals surface area contributed by atoms with Crippen molar-refractivity contribution in [3.63, 3.8) is 0 Å². The summed E-state index contributed by atoms with van der Waals surface area (Å²) < 4.78 is 0. The highest BCUT2D eigenvalue weighted by Crippen LogP contribution is 2.20. The summed E-state index contributed by atoms with van der Waals surface area (Å²) in [6.45, 7) is 2.31. The molecule has 2 aromatic rings. The quantitative estimate of drug-likeness (QED) is 0.694. The molecule has 0 spiro atoms. The van der Waals surface area contributed by atoms with Crippen LogP contribution in [-0.2, 0) is 12.8 Å². The van der Waals surface area contributed by atoms with Crippen LogP contribution in [-0.4, -0.2) is 0 Å². The van der Waals surface area contributed by atoms with Crippen molar-refractivity contribution in [2.24, 2.45) is 5.92 Å². The van der Waals surface area contributed by atoms with Crippen molar-refractivity contribution >= 4 is 23.8 Å². The molecule has 0 heterocycles. The van der Waals surface area contributed by atoms with Crippen LogP contribution < -0.4 is 10.4 Å². The Morgan fingerprint density at radius 3 is 2.75 bits per heavy atom. The summed E-state index contributed by atoms with van der Waals surface area (Å²) in [5, 5.41) is 6.29. The predicted octanol–water partition coefficient (Wildman–Crippen LogP) is 3.33. The van der Waals surface area contributed by atoms with Crippen molar-refractivity contribution in [2.75, 3.05) is 0 Å². The minimum Gasteiger partial charge on any atom is -0.0843 e. The largest absolute Gasteiger partial charge is 0.0843 e. The van der Waals surface area contributed by atoms with Gasteiger partial charge in [-0.05, 0) is 69.3 Å². The van der Waals surface area contributed by atoms with Gasteiger partial charge in [0, 0.05) is 5.02 Å². The van der Waals surface area contributed by atoms with Gasteiger partial charge in [0.05, 0.1) is 0 Å². The molecule has 0 bridgehead atoms. The van der Waals surface area contributed by atoms with E-state index in [0.29, 0.717) is 5.92 Å². The van der Waals surface area contributed by atoms with Crippen molar-refractivity contribution in [1.82, 2.24) is 0 Å². The Bertz CT molecular complexity index is 906. The van der Waals surface area contributed by atoms with Crippen LogP contribution in [0.2, 0.25) is 5.02 Å². The molecule has 0 saturated carbocycles. The topological polar surface area (TPSA) is 0 Å². The number of hydrogen-bond acceptors (Lipinski definition) is 0. The summed E-state index contributed by atoms with van der Waals surface area (Å²) in [7, 11) is 0. The molecule has 1 unspecified atom stereocenters. The summed E-state index contributed by atoms with van der Waals surface area (Å²) in [5.41, 5.74) is 3.10. The van der Waals surface area contributed by atoms with Crippen LogP contribution in [0.5, 0.6) is 0 Å². The molecule has 20 heavy (non-hydrogen) atoms. The molecule has 0 amide bonds. The summed E-state index contributed by atoms with van der Waals surface area (Å²) in [6.07, 6.45) is 8.27. The lowest BCUT2D eigenvalue weighted by Gasteiger charge is -2.19. The molecule has 0 fully saturated rings. The molecule has 2 aliphatic carbocycles. The molecule has 1 heteroatoms. The van der Waals surface area contributed by atoms with Gasteiger partial charge in [0.25, 0.3) is 0 Å². The van der Waals surface area contributed by atoms with Gasteiger partial charge in [0.15, 0.2) is 0 Å². The fourth-order valence-corrected chi connectivity index (χ4v) is 3.75. The van der Waals surface area contributed by atoms with Crippen molar-refractivity contribution in [3.05, 3.63) is 67.4 Å². The monoisotopic (exact) mass is 280 g/mol. The molecular formula is C19H17Cl. The van der Waals surface area contributed by atoms with Gasteiger partial charge in [0.1, 0.15) is 0 Å². The lowest BCUT2D eigenvalue weighted by molar-refractivity contribution is 0.656. The average Bonchev–Trinajstić information content (AvgIpc) is 2.45. The lowest BCUT2D eigenvalue weighted by Crippen LogP contribution is -2.22. The first-order valence-electron chi connectivity index (χ1n) is 7.35. The first-order chi connectivity index (χ1) is 9.72. The van der Waals surface area contributed by atoms with Crippen LogP contribution >= 0.6 is 11.6 Å². The SMILES string of the molecule is CC1C=c2ccc3c(c2CC1)CC=c1cc(Cl)ccc1=3. The Kier molecular flexibility index (Phi) is 2.75. The summed E-state index contributed by atoms with van der Waals surface area (Å²) >= 11 is 6.11. The highest BCUT2D eigenvalue weighted by atomic mass is 35.5. The standard InChI is InChI=1S/C19H17Cl/c1-12-2-6-16-13(10-12)3-7-19-17-9-5-15(20)11-14(17)4-8-18(16)19/h3-5,7,9-12H,2,6,8H2,1H3. The maximum absolute atomic E-state index is 6.11. The van der Waals surface area contributed by atoms with Gasteiger partial charge in [-0.15, -0.1) is 0 Å². The van der Waals surface area contributed by atoms with E-state index in [4.69, 9.17) is 11.6 Å². The molecule has 2 aliphatic rings. The third kappa shape index (κ3) is 1.83. The fraction of sp³-hybridized carbons (Fsp3) is 0.263. The molecular weight excluding hydrogens is 264 g/mol. The Labute approximate surface area is 123 Å². The summed E-state index contributed by atoms with van der Waals surface area (Å²) in [4.78, 5) is 0. The molecule has 2 aromatic carbocycles. The van der Waals surface area contributed by atoms with E-state index < -0.39 is 0 Å². The normalized spacial score (nSPS) is 19.2. The number of benzene rings is 2. The third-order valence-corrected chi connectivity index (χ3v) is 4.85. The fourth-order valence-electron chi connectivity index (χ4n) is 3.57. The number of fused-ring (bicyclic) bond motifs is 4. The summed E-state index contributed by atoms with van der Waals surface area (Å²) in [6, 6.07) is 10.8. The van der Waals surface area contributed by atoms with E-state index in [1.807, 2.05) is 6.07 Å². The van der Waals surface area contributed by atoms with Gasteiger partial charge >= 0.3 is 0 Å². The zero-order valence-corrected chi connectivity index (χ0v) is 12.4. The number of rotatable bonds is 0. The third-order valence-electron chi connectivity index (χ3n) is 4.61. The average molecular weight is 281 g/mol. The lowest BCUT2D eigenvalue weighted by atomic mass is 9.86. The maximum Gasteiger partial charge on any atom is 0.0412 e. The smallest absolute Gasteiger partial charge is 0.0412 e. The van der Waals surface area contributed by atoms with Crippen molar-refractivity contribution < 1.29 is 0 Å². The van der Waals surface area contributed by atoms with Crippen LogP contribution in [0.4, 0.5) is 0 Å². The maximum atomic E-state index is 6.11. The molecule has 0 aliphatic heterocycles. The van der Waals surface area contributed by atoms with E-state index in [0.717, 1.165) is 11.4 Å². The van der Waals surface area contributed by atoms with Crippen LogP contribution in [0.3, 0.4) is 0 Å². The van der Waals surface area contributed by atoms with Crippen molar-refractivity contribution in [3.8, 4) is 0 Å². The zero-order valence-electron chi connectivity index (χ0n) is 11.6. The van der Waals surface area contributed by atoms with E-state index in [1.165, 1.54) is 39.3 Å². The molecule has 4 rings (SSSR count). The van der Waals surface area contributed by atoms with E-state index in [9.17, 15) is 0 Å². The molecule has 100 valence electrons. The van der Waals surface area contributed by atoms with Gasteiger partial charge in [-0.25, -0.2) is 0 Å². The Morgan fingerprint density at radius 2 is 1.85 bits per heavy atom. The van der Waals surface area contributed by atoms with Gasteiger partial charge < -0.3 is 0 Å². The van der Waals surface area contributed by atoms with Gasteiger partial charge in [-0.3, -0.25) is 0 Å². The minimum atomic E-state index is 0.708. The second-order valence-electron chi connectivity index (χ2n) is 5.98. The molecule has 0 radical (unpaired) electrons. The van der Waals surface area contributed by atoms with Crippen LogP contribution in [0.1, 0.15) is 24.5 Å². The number of halogens is 1. The zero-order chi connectivity index (χ0) is 13.7. The number of hydrogen-bond donors (Lipinski definition) is 0. The predicted molar refractivity (Wildman–Crippen MR) is 84.9 cm³/mol. The van der Waals surface area contributed by atoms with Crippen LogP contribution in [0.15, 0.2) is 30.3 Å². The molecule has 0 saturated heterocycles. The van der Waals surface area contributed by atoms with Gasteiger partial charge in [-0.2, -0.15) is 0 Å². The van der Waals surface area contributed by atoms with E-state index in [2.05, 4.69) is 43.3 Å². The first kappa shape index (κ1) is 12.2. The van der Waals surface area contributed by atoms with E-state index >= 15 is 0 Å². The highest BCUT2D eigenvalue weighted by Gasteiger charge is 2.14. The van der Waals surface area contributed by atoms with E-state index in [-0.39, 0.29) is 0 Å².